The van der Waals surface area contributed by atoms with Crippen molar-refractivity contribution in [3.05, 3.63) is 34.9 Å². The molecule has 3 nitrogen and oxygen atoms in total. The number of carbonyl (C=O) groups excluding carboxylic acids is 2. The van der Waals surface area contributed by atoms with Crippen LogP contribution in [0, 0.1) is 19.8 Å². The van der Waals surface area contributed by atoms with Crippen molar-refractivity contribution in [3.8, 4) is 0 Å². The fraction of sp³-hybridized carbons (Fsp3) is 0.429. The molecule has 1 aromatic rings. The lowest BCUT2D eigenvalue weighted by molar-refractivity contribution is -0.141. The summed E-state index contributed by atoms with van der Waals surface area (Å²) < 4.78 is 4.56. The average molecular weight is 234 g/mol. The number of methoxy groups -OCH3 is 1. The molecule has 0 spiro atoms. The molecule has 1 atom stereocenters. The van der Waals surface area contributed by atoms with Crippen molar-refractivity contribution in [1.29, 1.82) is 0 Å². The second-order valence-electron chi connectivity index (χ2n) is 4.34. The van der Waals surface area contributed by atoms with Gasteiger partial charge in [-0.1, -0.05) is 19.1 Å². The molecule has 0 aliphatic heterocycles. The van der Waals surface area contributed by atoms with Crippen LogP contribution in [0.1, 0.15) is 34.8 Å². The molecular weight excluding hydrogens is 216 g/mol. The van der Waals surface area contributed by atoms with Crippen molar-refractivity contribution in [2.75, 3.05) is 7.11 Å². The van der Waals surface area contributed by atoms with E-state index in [4.69, 9.17) is 0 Å². The number of aryl methyl sites for hydroxylation is 2. The van der Waals surface area contributed by atoms with E-state index in [1.54, 1.807) is 13.0 Å². The van der Waals surface area contributed by atoms with Crippen LogP contribution < -0.4 is 0 Å². The number of benzene rings is 1. The Morgan fingerprint density at radius 1 is 1.24 bits per heavy atom. The zero-order valence-corrected chi connectivity index (χ0v) is 10.7. The van der Waals surface area contributed by atoms with Crippen LogP contribution in [0.2, 0.25) is 0 Å². The van der Waals surface area contributed by atoms with Crippen LogP contribution >= 0.6 is 0 Å². The van der Waals surface area contributed by atoms with Crippen LogP contribution in [0.4, 0.5) is 0 Å². The van der Waals surface area contributed by atoms with Crippen LogP contribution in [0.3, 0.4) is 0 Å². The van der Waals surface area contributed by atoms with Crippen molar-refractivity contribution >= 4 is 11.8 Å². The van der Waals surface area contributed by atoms with Crippen LogP contribution in [-0.4, -0.2) is 18.9 Å². The van der Waals surface area contributed by atoms with Crippen LogP contribution in [0.15, 0.2) is 18.2 Å². The van der Waals surface area contributed by atoms with E-state index < -0.39 is 0 Å². The van der Waals surface area contributed by atoms with Crippen molar-refractivity contribution < 1.29 is 14.3 Å². The van der Waals surface area contributed by atoms with Gasteiger partial charge in [0.05, 0.1) is 13.5 Å². The first kappa shape index (κ1) is 13.4. The molecule has 1 rings (SSSR count). The molecule has 0 aliphatic rings. The van der Waals surface area contributed by atoms with Crippen molar-refractivity contribution in [2.24, 2.45) is 5.92 Å². The fourth-order valence-corrected chi connectivity index (χ4v) is 1.61. The molecule has 92 valence electrons. The highest BCUT2D eigenvalue weighted by atomic mass is 16.5. The highest BCUT2D eigenvalue weighted by Crippen LogP contribution is 2.16. The summed E-state index contributed by atoms with van der Waals surface area (Å²) in [5.41, 5.74) is 2.90. The fourth-order valence-electron chi connectivity index (χ4n) is 1.61. The highest BCUT2D eigenvalue weighted by molar-refractivity contribution is 5.99. The summed E-state index contributed by atoms with van der Waals surface area (Å²) in [6.07, 6.45) is 0.127. The lowest BCUT2D eigenvalue weighted by Crippen LogP contribution is -2.16. The lowest BCUT2D eigenvalue weighted by atomic mass is 9.94. The van der Waals surface area contributed by atoms with E-state index in [0.29, 0.717) is 5.56 Å². The Hall–Kier alpha value is -1.64. The topological polar surface area (TPSA) is 43.4 Å². The normalized spacial score (nSPS) is 12.0. The minimum atomic E-state index is -0.352. The summed E-state index contributed by atoms with van der Waals surface area (Å²) in [5, 5.41) is 0. The Morgan fingerprint density at radius 2 is 1.88 bits per heavy atom. The predicted octanol–water partition coefficient (Wildman–Crippen LogP) is 2.69. The summed E-state index contributed by atoms with van der Waals surface area (Å²) in [4.78, 5) is 23.2. The van der Waals surface area contributed by atoms with E-state index in [9.17, 15) is 9.59 Å². The van der Waals surface area contributed by atoms with Gasteiger partial charge in [0.15, 0.2) is 5.78 Å². The molecule has 0 aliphatic carbocycles. The van der Waals surface area contributed by atoms with Crippen LogP contribution in [0.5, 0.6) is 0 Å². The number of hydrogen-bond acceptors (Lipinski definition) is 3. The largest absolute Gasteiger partial charge is 0.469 e. The number of hydrogen-bond donors (Lipinski definition) is 0. The third kappa shape index (κ3) is 3.41. The Kier molecular flexibility index (Phi) is 4.44. The Labute approximate surface area is 102 Å². The van der Waals surface area contributed by atoms with Gasteiger partial charge in [-0.3, -0.25) is 9.59 Å². The maximum Gasteiger partial charge on any atom is 0.306 e. The molecule has 3 heteroatoms. The maximum absolute atomic E-state index is 12.1. The first-order chi connectivity index (χ1) is 7.95. The number of ether oxygens (including phenoxy) is 1. The Morgan fingerprint density at radius 3 is 2.41 bits per heavy atom. The summed E-state index contributed by atoms with van der Waals surface area (Å²) in [7, 11) is 1.33. The zero-order chi connectivity index (χ0) is 13.0. The van der Waals surface area contributed by atoms with Gasteiger partial charge < -0.3 is 4.74 Å². The highest BCUT2D eigenvalue weighted by Gasteiger charge is 2.19. The first-order valence-electron chi connectivity index (χ1n) is 5.64. The molecule has 1 aromatic carbocycles. The molecule has 0 aromatic heterocycles. The van der Waals surface area contributed by atoms with Crippen LogP contribution in [-0.2, 0) is 9.53 Å². The van der Waals surface area contributed by atoms with E-state index >= 15 is 0 Å². The Bertz CT molecular complexity index is 435. The number of carbonyl (C=O) groups is 2. The second kappa shape index (κ2) is 5.62. The molecule has 17 heavy (non-hydrogen) atoms. The molecule has 0 fully saturated rings. The third-order valence-electron chi connectivity index (χ3n) is 2.94. The number of esters is 1. The molecule has 0 heterocycles. The van der Waals surface area contributed by atoms with E-state index in [0.717, 1.165) is 11.1 Å². The van der Waals surface area contributed by atoms with E-state index in [1.807, 2.05) is 26.0 Å². The molecule has 0 saturated carbocycles. The van der Waals surface area contributed by atoms with Gasteiger partial charge in [-0.15, -0.1) is 0 Å². The third-order valence-corrected chi connectivity index (χ3v) is 2.94. The minimum Gasteiger partial charge on any atom is -0.469 e. The minimum absolute atomic E-state index is 0.0153. The standard InChI is InChI=1S/C14H18O3/c1-9-5-6-12(7-10(9)2)14(16)11(3)8-13(15)17-4/h5-7,11H,8H2,1-4H3. The summed E-state index contributed by atoms with van der Waals surface area (Å²) in [6, 6.07) is 5.59. The zero-order valence-electron chi connectivity index (χ0n) is 10.7. The monoisotopic (exact) mass is 234 g/mol. The number of Topliss-reactive ketones (excluding diaryl/α,β-unsaturated/α-hetero) is 1. The van der Waals surface area contributed by atoms with Gasteiger partial charge in [-0.05, 0) is 31.0 Å². The molecular formula is C14H18O3. The van der Waals surface area contributed by atoms with Crippen molar-refractivity contribution in [2.45, 2.75) is 27.2 Å². The SMILES string of the molecule is COC(=O)CC(C)C(=O)c1ccc(C)c(C)c1. The molecule has 0 radical (unpaired) electrons. The number of ketones is 1. The summed E-state index contributed by atoms with van der Waals surface area (Å²) in [5.74, 6) is -0.710. The van der Waals surface area contributed by atoms with Gasteiger partial charge in [0.25, 0.3) is 0 Å². The summed E-state index contributed by atoms with van der Waals surface area (Å²) >= 11 is 0. The van der Waals surface area contributed by atoms with Gasteiger partial charge in [0.1, 0.15) is 0 Å². The molecule has 0 bridgehead atoms. The van der Waals surface area contributed by atoms with Crippen molar-refractivity contribution in [1.82, 2.24) is 0 Å². The molecule has 0 amide bonds. The van der Waals surface area contributed by atoms with Gasteiger partial charge in [0.2, 0.25) is 0 Å². The van der Waals surface area contributed by atoms with Gasteiger partial charge in [0, 0.05) is 11.5 Å². The molecule has 0 saturated heterocycles. The van der Waals surface area contributed by atoms with E-state index in [-0.39, 0.29) is 24.1 Å². The maximum atomic E-state index is 12.1. The lowest BCUT2D eigenvalue weighted by Gasteiger charge is -2.10. The molecule has 0 N–H and O–H groups in total. The van der Waals surface area contributed by atoms with Gasteiger partial charge in [-0.25, -0.2) is 0 Å². The van der Waals surface area contributed by atoms with E-state index in [1.165, 1.54) is 7.11 Å². The number of rotatable bonds is 4. The van der Waals surface area contributed by atoms with Gasteiger partial charge >= 0.3 is 5.97 Å². The second-order valence-corrected chi connectivity index (χ2v) is 4.34. The Balaban J connectivity index is 2.81. The van der Waals surface area contributed by atoms with Gasteiger partial charge in [-0.2, -0.15) is 0 Å². The predicted molar refractivity (Wildman–Crippen MR) is 66.0 cm³/mol. The first-order valence-corrected chi connectivity index (χ1v) is 5.64. The van der Waals surface area contributed by atoms with E-state index in [2.05, 4.69) is 4.74 Å². The molecule has 1 unspecified atom stereocenters. The summed E-state index contributed by atoms with van der Waals surface area (Å²) in [6.45, 7) is 5.72. The van der Waals surface area contributed by atoms with Crippen LogP contribution in [0.25, 0.3) is 0 Å². The smallest absolute Gasteiger partial charge is 0.306 e. The quantitative estimate of drug-likeness (QED) is 0.594. The van der Waals surface area contributed by atoms with Crippen molar-refractivity contribution in [3.63, 3.8) is 0 Å². The average Bonchev–Trinajstić information content (AvgIpc) is 2.31.